The lowest BCUT2D eigenvalue weighted by molar-refractivity contribution is 0.555. The van der Waals surface area contributed by atoms with Crippen molar-refractivity contribution in [3.8, 4) is 0 Å². The van der Waals surface area contributed by atoms with Gasteiger partial charge in [0.2, 0.25) is 5.13 Å². The summed E-state index contributed by atoms with van der Waals surface area (Å²) < 4.78 is 3.70. The number of nitrogens with zero attached hydrogens (tertiary/aromatic N) is 3. The Morgan fingerprint density at radius 3 is 1.47 bits per heavy atom. The fourth-order valence-corrected chi connectivity index (χ4v) is 7.59. The van der Waals surface area contributed by atoms with Crippen molar-refractivity contribution >= 4 is 76.0 Å². The van der Waals surface area contributed by atoms with Crippen LogP contribution in [0.2, 0.25) is 0 Å². The molecule has 4 aromatic rings. The minimum absolute atomic E-state index is 0.756. The van der Waals surface area contributed by atoms with Gasteiger partial charge in [-0.2, -0.15) is 0 Å². The third-order valence-corrected chi connectivity index (χ3v) is 11.0. The monoisotopic (exact) mass is 794 g/mol. The largest absolute Gasteiger partial charge is 0.300 e. The molecule has 2 aromatic heterocycles. The molecule has 0 aliphatic heterocycles. The molecule has 4 rings (SSSR count). The van der Waals surface area contributed by atoms with E-state index in [-0.39, 0.29) is 0 Å². The topological polar surface area (TPSA) is 93.1 Å². The fourth-order valence-electron chi connectivity index (χ4n) is 5.36. The number of hydrogen-bond donors (Lipinski definition) is 3. The molecule has 6 nitrogen and oxygen atoms in total. The molecule has 0 amide bonds. The molecule has 0 unspecified atom stereocenters. The van der Waals surface area contributed by atoms with Crippen molar-refractivity contribution in [3.05, 3.63) is 48.5 Å². The quantitative estimate of drug-likeness (QED) is 0.0228. The van der Waals surface area contributed by atoms with Crippen LogP contribution in [0.1, 0.15) is 142 Å². The van der Waals surface area contributed by atoms with Gasteiger partial charge >= 0.3 is 0 Å². The predicted octanol–water partition coefficient (Wildman–Crippen LogP) is 12.8. The molecule has 0 aliphatic carbocycles. The summed E-state index contributed by atoms with van der Waals surface area (Å²) >= 11 is 5.70. The first-order chi connectivity index (χ1) is 23.1. The van der Waals surface area contributed by atoms with Crippen LogP contribution in [0.3, 0.4) is 0 Å². The molecular formula is C38H63IN6S2. The van der Waals surface area contributed by atoms with Crippen molar-refractivity contribution in [1.29, 1.82) is 0 Å². The average Bonchev–Trinajstić information content (AvgIpc) is 3.74. The van der Waals surface area contributed by atoms with E-state index in [9.17, 15) is 0 Å². The standard InChI is InChI=1S/C19H31N3S.C12H25I.C7H7N3S/c1-2-3-4-5-6-7-8-9-10-13-16-22(20)19-21-17-14-11-12-15-18(17)23-19;1-2-3-4-5-6-7-8-9-10-11-12-13;8-10-7-9-5-3-1-2-4-6(5)11-7/h11-12,14-15H,2-10,13,16,20H2,1H3;2-12H2,1H3;1-4H,8H2,(H,9,10). The molecule has 2 heterocycles. The van der Waals surface area contributed by atoms with E-state index in [1.807, 2.05) is 47.5 Å². The Labute approximate surface area is 308 Å². The molecule has 5 N–H and O–H groups in total. The Morgan fingerprint density at radius 1 is 0.596 bits per heavy atom. The number of benzene rings is 2. The summed E-state index contributed by atoms with van der Waals surface area (Å²) in [5, 5.41) is 3.50. The highest BCUT2D eigenvalue weighted by atomic mass is 127. The minimum atomic E-state index is 0.756. The summed E-state index contributed by atoms with van der Waals surface area (Å²) in [6.45, 7) is 5.45. The number of nitrogens with one attached hydrogen (secondary N) is 1. The zero-order chi connectivity index (χ0) is 33.8. The van der Waals surface area contributed by atoms with Gasteiger partial charge in [-0.3, -0.25) is 10.4 Å². The Hall–Kier alpha value is -1.53. The second-order valence-electron chi connectivity index (χ2n) is 12.3. The number of unbranched alkanes of at least 4 members (excludes halogenated alkanes) is 18. The van der Waals surface area contributed by atoms with Crippen LogP contribution in [0.4, 0.5) is 10.3 Å². The summed E-state index contributed by atoms with van der Waals surface area (Å²) in [4.78, 5) is 8.81. The first-order valence-corrected chi connectivity index (χ1v) is 21.5. The van der Waals surface area contributed by atoms with Crippen LogP contribution < -0.4 is 22.1 Å². The summed E-state index contributed by atoms with van der Waals surface area (Å²) in [6, 6.07) is 16.2. The highest BCUT2D eigenvalue weighted by molar-refractivity contribution is 14.1. The number of hydrogen-bond acceptors (Lipinski definition) is 8. The highest BCUT2D eigenvalue weighted by Gasteiger charge is 2.08. The fraction of sp³-hybridized carbons (Fsp3) is 0.632. The number of nitrogens with two attached hydrogens (primary N) is 2. The summed E-state index contributed by atoms with van der Waals surface area (Å²) in [5.41, 5.74) is 4.56. The maximum Gasteiger partial charge on any atom is 0.200 e. The van der Waals surface area contributed by atoms with Gasteiger partial charge in [0.25, 0.3) is 0 Å². The molecule has 264 valence electrons. The number of alkyl halides is 1. The Morgan fingerprint density at radius 2 is 1.02 bits per heavy atom. The van der Waals surface area contributed by atoms with Crippen molar-refractivity contribution in [2.75, 3.05) is 21.4 Å². The molecule has 0 saturated carbocycles. The molecule has 0 atom stereocenters. The SMILES string of the molecule is CCCCCCCCCCCCI.CCCCCCCCCCCCN(N)c1nc2ccccc2s1.NNc1nc2ccccc2s1. The van der Waals surface area contributed by atoms with Gasteiger partial charge < -0.3 is 0 Å². The molecule has 0 radical (unpaired) electrons. The number of aromatic nitrogens is 2. The van der Waals surface area contributed by atoms with Crippen molar-refractivity contribution < 1.29 is 0 Å². The van der Waals surface area contributed by atoms with Gasteiger partial charge in [-0.25, -0.2) is 21.7 Å². The Bertz CT molecular complexity index is 1200. The van der Waals surface area contributed by atoms with E-state index in [0.717, 1.165) is 39.0 Å². The first kappa shape index (κ1) is 41.6. The summed E-state index contributed by atoms with van der Waals surface area (Å²) in [6.07, 6.45) is 28.0. The molecular weight excluding hydrogens is 731 g/mol. The molecule has 2 aromatic carbocycles. The predicted molar refractivity (Wildman–Crippen MR) is 221 cm³/mol. The van der Waals surface area contributed by atoms with Crippen LogP contribution >= 0.6 is 45.3 Å². The van der Waals surface area contributed by atoms with Crippen LogP contribution in [0, 0.1) is 0 Å². The number of rotatable bonds is 23. The molecule has 0 aliphatic rings. The van der Waals surface area contributed by atoms with Crippen LogP contribution in [0.5, 0.6) is 0 Å². The molecule has 47 heavy (non-hydrogen) atoms. The maximum absolute atomic E-state index is 6.15. The lowest BCUT2D eigenvalue weighted by atomic mass is 10.1. The summed E-state index contributed by atoms with van der Waals surface area (Å²) in [5.74, 6) is 11.4. The van der Waals surface area contributed by atoms with Gasteiger partial charge in [0.05, 0.1) is 20.4 Å². The van der Waals surface area contributed by atoms with Crippen LogP contribution in [-0.2, 0) is 0 Å². The second kappa shape index (κ2) is 28.3. The van der Waals surface area contributed by atoms with Crippen LogP contribution in [-0.4, -0.2) is 20.9 Å². The average molecular weight is 795 g/mol. The third-order valence-electron chi connectivity index (χ3n) is 8.19. The van der Waals surface area contributed by atoms with Gasteiger partial charge in [0.1, 0.15) is 0 Å². The van der Waals surface area contributed by atoms with E-state index < -0.39 is 0 Å². The zero-order valence-electron chi connectivity index (χ0n) is 29.4. The maximum atomic E-state index is 6.15. The van der Waals surface area contributed by atoms with Crippen molar-refractivity contribution in [1.82, 2.24) is 9.97 Å². The van der Waals surface area contributed by atoms with Gasteiger partial charge in [0, 0.05) is 6.54 Å². The van der Waals surface area contributed by atoms with E-state index >= 15 is 0 Å². The molecule has 0 spiro atoms. The number of para-hydroxylation sites is 2. The van der Waals surface area contributed by atoms with Crippen LogP contribution in [0.15, 0.2) is 48.5 Å². The third kappa shape index (κ3) is 19.3. The number of anilines is 2. The second-order valence-corrected chi connectivity index (χ2v) is 15.5. The Balaban J connectivity index is 0.000000270. The van der Waals surface area contributed by atoms with E-state index in [2.05, 4.69) is 57.9 Å². The number of hydrazine groups is 2. The smallest absolute Gasteiger partial charge is 0.200 e. The first-order valence-electron chi connectivity index (χ1n) is 18.4. The molecule has 9 heteroatoms. The zero-order valence-corrected chi connectivity index (χ0v) is 33.2. The van der Waals surface area contributed by atoms with Crippen molar-refractivity contribution in [2.45, 2.75) is 142 Å². The minimum Gasteiger partial charge on any atom is -0.300 e. The van der Waals surface area contributed by atoms with Crippen molar-refractivity contribution in [2.24, 2.45) is 11.7 Å². The van der Waals surface area contributed by atoms with E-state index in [4.69, 9.17) is 11.7 Å². The highest BCUT2D eigenvalue weighted by Crippen LogP contribution is 2.27. The normalized spacial score (nSPS) is 10.8. The Kier molecular flexibility index (Phi) is 25.1. The molecule has 0 saturated heterocycles. The van der Waals surface area contributed by atoms with E-state index in [0.29, 0.717) is 0 Å². The van der Waals surface area contributed by atoms with Gasteiger partial charge in [-0.05, 0) is 41.5 Å². The summed E-state index contributed by atoms with van der Waals surface area (Å²) in [7, 11) is 0. The number of fused-ring (bicyclic) bond motifs is 2. The molecule has 0 bridgehead atoms. The number of nitrogen functional groups attached to an aromatic ring is 1. The number of thiazole rings is 2. The lowest BCUT2D eigenvalue weighted by Gasteiger charge is -2.14. The molecule has 0 fully saturated rings. The van der Waals surface area contributed by atoms with E-state index in [1.165, 1.54) is 131 Å². The van der Waals surface area contributed by atoms with E-state index in [1.54, 1.807) is 22.7 Å². The van der Waals surface area contributed by atoms with Crippen molar-refractivity contribution in [3.63, 3.8) is 0 Å². The van der Waals surface area contributed by atoms with Gasteiger partial charge in [0.15, 0.2) is 5.13 Å². The van der Waals surface area contributed by atoms with Crippen LogP contribution in [0.25, 0.3) is 20.4 Å². The lowest BCUT2D eigenvalue weighted by Crippen LogP contribution is -2.31. The van der Waals surface area contributed by atoms with Gasteiger partial charge in [-0.15, -0.1) is 0 Å². The number of halogens is 1. The van der Waals surface area contributed by atoms with Gasteiger partial charge in [-0.1, -0.05) is 199 Å².